The van der Waals surface area contributed by atoms with Crippen molar-refractivity contribution in [1.29, 1.82) is 0 Å². The number of carboxylic acid groups (broad SMARTS) is 1. The first-order valence-electron chi connectivity index (χ1n) is 10.3. The van der Waals surface area contributed by atoms with Crippen LogP contribution in [0.2, 0.25) is 0 Å². The number of carboxylic acids is 1. The first-order valence-corrected chi connectivity index (χ1v) is 10.3. The number of hydrogen-bond acceptors (Lipinski definition) is 3. The summed E-state index contributed by atoms with van der Waals surface area (Å²) < 4.78 is 5.80. The summed E-state index contributed by atoms with van der Waals surface area (Å²) >= 11 is 0. The van der Waals surface area contributed by atoms with Gasteiger partial charge in [0.2, 0.25) is 0 Å². The number of unbranched alkanes of at least 4 members (excludes halogenated alkanes) is 7. The normalized spacial score (nSPS) is 11.0. The number of ether oxygens (including phenoxy) is 1. The van der Waals surface area contributed by atoms with E-state index in [-0.39, 0.29) is 5.56 Å². The highest BCUT2D eigenvalue weighted by Crippen LogP contribution is 2.16. The Hall–Kier alpha value is -2.62. The Morgan fingerprint density at radius 1 is 0.893 bits per heavy atom. The number of carbonyl (C=O) groups is 1. The standard InChI is InChI=1S/C24H31NO3/c1-2-3-4-5-6-7-8-9-18-28-23-16-10-20(11-17-23)19-25-22-14-12-21(13-15-22)24(26)27/h10-17,19H,2-9,18H2,1H3,(H,26,27). The van der Waals surface area contributed by atoms with Crippen molar-refractivity contribution in [3.63, 3.8) is 0 Å². The van der Waals surface area contributed by atoms with Crippen LogP contribution in [0.5, 0.6) is 5.75 Å². The molecular formula is C24H31NO3. The predicted octanol–water partition coefficient (Wildman–Crippen LogP) is 6.65. The van der Waals surface area contributed by atoms with Crippen LogP contribution in [0.1, 0.15) is 74.2 Å². The van der Waals surface area contributed by atoms with Crippen molar-refractivity contribution in [2.45, 2.75) is 58.3 Å². The van der Waals surface area contributed by atoms with Gasteiger partial charge in [-0.3, -0.25) is 4.99 Å². The van der Waals surface area contributed by atoms with Crippen LogP contribution in [0.25, 0.3) is 0 Å². The Morgan fingerprint density at radius 2 is 1.50 bits per heavy atom. The topological polar surface area (TPSA) is 58.9 Å². The van der Waals surface area contributed by atoms with E-state index in [1.54, 1.807) is 30.5 Å². The molecule has 4 heteroatoms. The van der Waals surface area contributed by atoms with Gasteiger partial charge in [0.25, 0.3) is 0 Å². The highest BCUT2D eigenvalue weighted by atomic mass is 16.5. The zero-order valence-corrected chi connectivity index (χ0v) is 16.8. The average Bonchev–Trinajstić information content (AvgIpc) is 2.72. The molecule has 0 radical (unpaired) electrons. The zero-order chi connectivity index (χ0) is 20.0. The van der Waals surface area contributed by atoms with Gasteiger partial charge < -0.3 is 9.84 Å². The number of benzene rings is 2. The highest BCUT2D eigenvalue weighted by Gasteiger charge is 2.00. The van der Waals surface area contributed by atoms with Crippen LogP contribution in [0.3, 0.4) is 0 Å². The molecular weight excluding hydrogens is 350 g/mol. The number of aromatic carboxylic acids is 1. The van der Waals surface area contributed by atoms with Crippen molar-refractivity contribution in [3.05, 3.63) is 59.7 Å². The van der Waals surface area contributed by atoms with E-state index in [9.17, 15) is 4.79 Å². The monoisotopic (exact) mass is 381 g/mol. The van der Waals surface area contributed by atoms with Gasteiger partial charge in [0.1, 0.15) is 5.75 Å². The summed E-state index contributed by atoms with van der Waals surface area (Å²) in [7, 11) is 0. The lowest BCUT2D eigenvalue weighted by molar-refractivity contribution is 0.0697. The lowest BCUT2D eigenvalue weighted by Gasteiger charge is -2.06. The molecule has 2 rings (SSSR count). The Morgan fingerprint density at radius 3 is 2.11 bits per heavy atom. The van der Waals surface area contributed by atoms with E-state index in [4.69, 9.17) is 9.84 Å². The summed E-state index contributed by atoms with van der Waals surface area (Å²) in [6.45, 7) is 3.01. The molecule has 0 unspecified atom stereocenters. The third-order valence-corrected chi connectivity index (χ3v) is 4.62. The molecule has 0 aliphatic carbocycles. The van der Waals surface area contributed by atoms with E-state index in [0.717, 1.165) is 30.0 Å². The van der Waals surface area contributed by atoms with Crippen molar-refractivity contribution in [3.8, 4) is 5.75 Å². The maximum Gasteiger partial charge on any atom is 0.335 e. The van der Waals surface area contributed by atoms with Crippen LogP contribution in [-0.4, -0.2) is 23.9 Å². The zero-order valence-electron chi connectivity index (χ0n) is 16.8. The second-order valence-electron chi connectivity index (χ2n) is 7.00. The lowest BCUT2D eigenvalue weighted by Crippen LogP contribution is -1.97. The molecule has 0 atom stereocenters. The molecule has 4 nitrogen and oxygen atoms in total. The second kappa shape index (κ2) is 12.7. The minimum Gasteiger partial charge on any atom is -0.494 e. The van der Waals surface area contributed by atoms with Crippen molar-refractivity contribution in [2.75, 3.05) is 6.61 Å². The fourth-order valence-electron chi connectivity index (χ4n) is 2.92. The number of nitrogens with zero attached hydrogens (tertiary/aromatic N) is 1. The first kappa shape index (κ1) is 21.7. The van der Waals surface area contributed by atoms with Crippen LogP contribution < -0.4 is 4.74 Å². The van der Waals surface area contributed by atoms with E-state index in [0.29, 0.717) is 0 Å². The molecule has 0 fully saturated rings. The van der Waals surface area contributed by atoms with Gasteiger partial charge in [0.05, 0.1) is 17.9 Å². The Kier molecular flexibility index (Phi) is 9.84. The van der Waals surface area contributed by atoms with E-state index in [1.807, 2.05) is 24.3 Å². The maximum absolute atomic E-state index is 10.8. The van der Waals surface area contributed by atoms with Crippen molar-refractivity contribution in [2.24, 2.45) is 4.99 Å². The molecule has 0 bridgehead atoms. The van der Waals surface area contributed by atoms with E-state index in [1.165, 1.54) is 44.9 Å². The minimum absolute atomic E-state index is 0.261. The second-order valence-corrected chi connectivity index (χ2v) is 7.00. The lowest BCUT2D eigenvalue weighted by atomic mass is 10.1. The van der Waals surface area contributed by atoms with Crippen LogP contribution in [0.15, 0.2) is 53.5 Å². The molecule has 0 amide bonds. The van der Waals surface area contributed by atoms with Crippen LogP contribution in [0, 0.1) is 0 Å². The van der Waals surface area contributed by atoms with E-state index < -0.39 is 5.97 Å². The molecule has 28 heavy (non-hydrogen) atoms. The van der Waals surface area contributed by atoms with Gasteiger partial charge in [0, 0.05) is 6.21 Å². The summed E-state index contributed by atoms with van der Waals surface area (Å²) in [5.41, 5.74) is 1.96. The molecule has 0 saturated carbocycles. The third kappa shape index (κ3) is 8.38. The molecule has 0 aromatic heterocycles. The van der Waals surface area contributed by atoms with Crippen molar-refractivity contribution < 1.29 is 14.6 Å². The van der Waals surface area contributed by atoms with Crippen molar-refractivity contribution in [1.82, 2.24) is 0 Å². The summed E-state index contributed by atoms with van der Waals surface area (Å²) in [6.07, 6.45) is 12.1. The molecule has 0 aliphatic rings. The van der Waals surface area contributed by atoms with Crippen LogP contribution in [0.4, 0.5) is 5.69 Å². The SMILES string of the molecule is CCCCCCCCCCOc1ccc(C=Nc2ccc(C(=O)O)cc2)cc1. The van der Waals surface area contributed by atoms with Crippen molar-refractivity contribution >= 4 is 17.9 Å². The number of rotatable bonds is 13. The summed E-state index contributed by atoms with van der Waals surface area (Å²) in [5, 5.41) is 8.90. The molecule has 2 aromatic carbocycles. The molecule has 0 spiro atoms. The van der Waals surface area contributed by atoms with Gasteiger partial charge in [-0.1, -0.05) is 51.9 Å². The van der Waals surface area contributed by atoms with Gasteiger partial charge in [-0.25, -0.2) is 4.79 Å². The first-order chi connectivity index (χ1) is 13.7. The molecule has 150 valence electrons. The summed E-state index contributed by atoms with van der Waals surface area (Å²) in [5.74, 6) is -0.0519. The van der Waals surface area contributed by atoms with E-state index in [2.05, 4.69) is 11.9 Å². The quantitative estimate of drug-likeness (QED) is 0.312. The Balaban J connectivity index is 1.66. The largest absolute Gasteiger partial charge is 0.494 e. The molecule has 2 aromatic rings. The van der Waals surface area contributed by atoms with Gasteiger partial charge in [-0.2, -0.15) is 0 Å². The Labute approximate surface area is 168 Å². The van der Waals surface area contributed by atoms with Crippen LogP contribution >= 0.6 is 0 Å². The number of hydrogen-bond donors (Lipinski definition) is 1. The highest BCUT2D eigenvalue weighted by molar-refractivity contribution is 5.88. The fraction of sp³-hybridized carbons (Fsp3) is 0.417. The predicted molar refractivity (Wildman–Crippen MR) is 115 cm³/mol. The fourth-order valence-corrected chi connectivity index (χ4v) is 2.92. The van der Waals surface area contributed by atoms with Gasteiger partial charge in [-0.15, -0.1) is 0 Å². The van der Waals surface area contributed by atoms with Gasteiger partial charge in [0.15, 0.2) is 0 Å². The average molecular weight is 382 g/mol. The molecule has 1 N–H and O–H groups in total. The van der Waals surface area contributed by atoms with E-state index >= 15 is 0 Å². The van der Waals surface area contributed by atoms with Gasteiger partial charge >= 0.3 is 5.97 Å². The smallest absolute Gasteiger partial charge is 0.335 e. The maximum atomic E-state index is 10.8. The molecule has 0 heterocycles. The third-order valence-electron chi connectivity index (χ3n) is 4.62. The summed E-state index contributed by atoms with van der Waals surface area (Å²) in [6, 6.07) is 14.4. The number of aliphatic imine (C=N–C) groups is 1. The Bertz CT molecular complexity index is 721. The van der Waals surface area contributed by atoms with Crippen LogP contribution in [-0.2, 0) is 0 Å². The molecule has 0 saturated heterocycles. The minimum atomic E-state index is -0.932. The summed E-state index contributed by atoms with van der Waals surface area (Å²) in [4.78, 5) is 15.2. The van der Waals surface area contributed by atoms with Gasteiger partial charge in [-0.05, 0) is 60.5 Å². The molecule has 0 aliphatic heterocycles.